The molecule has 3 rings (SSSR count). The SMILES string of the molecule is O=C(CC1CCCCC1)N1CCN(C(=O)CC2COCCN2)CC1. The number of carbonyl (C=O) groups is 2. The van der Waals surface area contributed by atoms with Crippen LogP contribution in [0.25, 0.3) is 0 Å². The highest BCUT2D eigenvalue weighted by Crippen LogP contribution is 2.27. The van der Waals surface area contributed by atoms with Crippen LogP contribution >= 0.6 is 0 Å². The average Bonchev–Trinajstić information content (AvgIpc) is 2.63. The maximum absolute atomic E-state index is 12.5. The van der Waals surface area contributed by atoms with E-state index in [-0.39, 0.29) is 17.9 Å². The smallest absolute Gasteiger partial charge is 0.224 e. The van der Waals surface area contributed by atoms with Gasteiger partial charge in [0, 0.05) is 51.6 Å². The Balaban J connectivity index is 1.38. The van der Waals surface area contributed by atoms with Crippen molar-refractivity contribution in [2.24, 2.45) is 5.92 Å². The number of nitrogens with one attached hydrogen (secondary N) is 1. The van der Waals surface area contributed by atoms with Crippen LogP contribution in [-0.4, -0.2) is 73.6 Å². The van der Waals surface area contributed by atoms with Crippen molar-refractivity contribution in [1.29, 1.82) is 0 Å². The quantitative estimate of drug-likeness (QED) is 0.832. The van der Waals surface area contributed by atoms with Crippen molar-refractivity contribution in [1.82, 2.24) is 15.1 Å². The van der Waals surface area contributed by atoms with Crippen LogP contribution in [0.2, 0.25) is 0 Å². The lowest BCUT2D eigenvalue weighted by Crippen LogP contribution is -2.52. The van der Waals surface area contributed by atoms with E-state index in [0.29, 0.717) is 51.5 Å². The van der Waals surface area contributed by atoms with Gasteiger partial charge < -0.3 is 19.9 Å². The summed E-state index contributed by atoms with van der Waals surface area (Å²) >= 11 is 0. The molecular formula is C18H31N3O3. The van der Waals surface area contributed by atoms with Gasteiger partial charge in [0.05, 0.1) is 13.2 Å². The van der Waals surface area contributed by atoms with Gasteiger partial charge >= 0.3 is 0 Å². The number of ether oxygens (including phenoxy) is 1. The zero-order chi connectivity index (χ0) is 16.8. The summed E-state index contributed by atoms with van der Waals surface area (Å²) in [5, 5.41) is 3.32. The fourth-order valence-corrected chi connectivity index (χ4v) is 4.06. The first-order valence-electron chi connectivity index (χ1n) is 9.59. The normalized spacial score (nSPS) is 26.4. The standard InChI is InChI=1S/C18H31N3O3/c22-17(12-15-4-2-1-3-5-15)20-7-9-21(10-8-20)18(23)13-16-14-24-11-6-19-16/h15-16,19H,1-14H2. The van der Waals surface area contributed by atoms with E-state index in [4.69, 9.17) is 4.74 Å². The zero-order valence-electron chi connectivity index (χ0n) is 14.7. The zero-order valence-corrected chi connectivity index (χ0v) is 14.7. The minimum Gasteiger partial charge on any atom is -0.378 e. The maximum Gasteiger partial charge on any atom is 0.224 e. The molecule has 6 heteroatoms. The van der Waals surface area contributed by atoms with Gasteiger partial charge in [-0.05, 0) is 18.8 Å². The molecule has 2 heterocycles. The Morgan fingerprint density at radius 3 is 2.12 bits per heavy atom. The largest absolute Gasteiger partial charge is 0.378 e. The van der Waals surface area contributed by atoms with Gasteiger partial charge in [-0.15, -0.1) is 0 Å². The molecule has 136 valence electrons. The molecule has 1 atom stereocenters. The topological polar surface area (TPSA) is 61.9 Å². The number of nitrogens with zero attached hydrogens (tertiary/aromatic N) is 2. The molecular weight excluding hydrogens is 306 g/mol. The monoisotopic (exact) mass is 337 g/mol. The van der Waals surface area contributed by atoms with Gasteiger partial charge in [-0.3, -0.25) is 9.59 Å². The van der Waals surface area contributed by atoms with E-state index in [9.17, 15) is 9.59 Å². The maximum atomic E-state index is 12.5. The minimum absolute atomic E-state index is 0.136. The Kier molecular flexibility index (Phi) is 6.49. The highest BCUT2D eigenvalue weighted by atomic mass is 16.5. The molecule has 2 aliphatic heterocycles. The van der Waals surface area contributed by atoms with E-state index in [0.717, 1.165) is 13.2 Å². The summed E-state index contributed by atoms with van der Waals surface area (Å²) in [5.74, 6) is 1.05. The molecule has 24 heavy (non-hydrogen) atoms. The van der Waals surface area contributed by atoms with E-state index in [1.165, 1.54) is 32.1 Å². The Labute approximate surface area is 144 Å². The first kappa shape index (κ1) is 17.7. The summed E-state index contributed by atoms with van der Waals surface area (Å²) in [4.78, 5) is 28.7. The lowest BCUT2D eigenvalue weighted by atomic mass is 9.86. The van der Waals surface area contributed by atoms with Gasteiger partial charge in [-0.25, -0.2) is 0 Å². The van der Waals surface area contributed by atoms with Gasteiger partial charge in [0.25, 0.3) is 0 Å². The molecule has 6 nitrogen and oxygen atoms in total. The third-order valence-corrected chi connectivity index (χ3v) is 5.59. The van der Waals surface area contributed by atoms with Gasteiger partial charge in [-0.2, -0.15) is 0 Å². The molecule has 1 saturated carbocycles. The fourth-order valence-electron chi connectivity index (χ4n) is 4.06. The van der Waals surface area contributed by atoms with E-state index in [1.807, 2.05) is 9.80 Å². The third-order valence-electron chi connectivity index (χ3n) is 5.59. The van der Waals surface area contributed by atoms with Crippen LogP contribution in [0, 0.1) is 5.92 Å². The first-order valence-corrected chi connectivity index (χ1v) is 9.59. The van der Waals surface area contributed by atoms with Gasteiger partial charge in [0.2, 0.25) is 11.8 Å². The summed E-state index contributed by atoms with van der Waals surface area (Å²) in [5.41, 5.74) is 0. The van der Waals surface area contributed by atoms with Crippen LogP contribution in [0.1, 0.15) is 44.9 Å². The second-order valence-electron chi connectivity index (χ2n) is 7.40. The van der Waals surface area contributed by atoms with E-state index in [1.54, 1.807) is 0 Å². The van der Waals surface area contributed by atoms with Crippen LogP contribution in [-0.2, 0) is 14.3 Å². The minimum atomic E-state index is 0.136. The Hall–Kier alpha value is -1.14. The van der Waals surface area contributed by atoms with Crippen molar-refractivity contribution in [2.45, 2.75) is 51.0 Å². The first-order chi connectivity index (χ1) is 11.7. The highest BCUT2D eigenvalue weighted by Gasteiger charge is 2.27. The van der Waals surface area contributed by atoms with Crippen molar-refractivity contribution in [3.63, 3.8) is 0 Å². The second kappa shape index (κ2) is 8.81. The summed E-state index contributed by atoms with van der Waals surface area (Å²) in [6.45, 7) is 4.88. The number of amides is 2. The number of carbonyl (C=O) groups excluding carboxylic acids is 2. The van der Waals surface area contributed by atoms with Crippen LogP contribution in [0.3, 0.4) is 0 Å². The van der Waals surface area contributed by atoms with Crippen molar-refractivity contribution in [3.8, 4) is 0 Å². The Bertz CT molecular complexity index is 383. The molecule has 2 amide bonds. The van der Waals surface area contributed by atoms with E-state index in [2.05, 4.69) is 5.32 Å². The molecule has 0 radical (unpaired) electrons. The second-order valence-corrected chi connectivity index (χ2v) is 7.40. The molecule has 0 spiro atoms. The summed E-state index contributed by atoms with van der Waals surface area (Å²) in [6, 6.07) is 0.136. The lowest BCUT2D eigenvalue weighted by Gasteiger charge is -2.36. The highest BCUT2D eigenvalue weighted by molar-refractivity contribution is 5.79. The molecule has 0 aromatic rings. The van der Waals surface area contributed by atoms with Gasteiger partial charge in [-0.1, -0.05) is 19.3 Å². The van der Waals surface area contributed by atoms with E-state index >= 15 is 0 Å². The molecule has 3 fully saturated rings. The predicted octanol–water partition coefficient (Wildman–Crippen LogP) is 1.01. The summed E-state index contributed by atoms with van der Waals surface area (Å²) < 4.78 is 5.40. The molecule has 1 N–H and O–H groups in total. The molecule has 0 bridgehead atoms. The molecule has 1 unspecified atom stereocenters. The van der Waals surface area contributed by atoms with Crippen LogP contribution in [0.5, 0.6) is 0 Å². The number of rotatable bonds is 4. The summed E-state index contributed by atoms with van der Waals surface area (Å²) in [6.07, 6.45) is 7.50. The van der Waals surface area contributed by atoms with Crippen molar-refractivity contribution in [2.75, 3.05) is 45.9 Å². The number of hydrogen-bond donors (Lipinski definition) is 1. The molecule has 3 aliphatic rings. The van der Waals surface area contributed by atoms with Crippen molar-refractivity contribution < 1.29 is 14.3 Å². The van der Waals surface area contributed by atoms with Crippen LogP contribution < -0.4 is 5.32 Å². The van der Waals surface area contributed by atoms with Crippen LogP contribution in [0.15, 0.2) is 0 Å². The molecule has 0 aromatic carbocycles. The fraction of sp³-hybridized carbons (Fsp3) is 0.889. The van der Waals surface area contributed by atoms with Crippen molar-refractivity contribution >= 4 is 11.8 Å². The lowest BCUT2D eigenvalue weighted by molar-refractivity contribution is -0.140. The van der Waals surface area contributed by atoms with Gasteiger partial charge in [0.15, 0.2) is 0 Å². The Morgan fingerprint density at radius 1 is 0.917 bits per heavy atom. The molecule has 1 aliphatic carbocycles. The molecule has 2 saturated heterocycles. The van der Waals surface area contributed by atoms with E-state index < -0.39 is 0 Å². The summed E-state index contributed by atoms with van der Waals surface area (Å²) in [7, 11) is 0. The predicted molar refractivity (Wildman–Crippen MR) is 91.6 cm³/mol. The van der Waals surface area contributed by atoms with Crippen LogP contribution in [0.4, 0.5) is 0 Å². The van der Waals surface area contributed by atoms with Gasteiger partial charge in [0.1, 0.15) is 0 Å². The van der Waals surface area contributed by atoms with Crippen molar-refractivity contribution in [3.05, 3.63) is 0 Å². The number of hydrogen-bond acceptors (Lipinski definition) is 4. The average molecular weight is 337 g/mol. The Morgan fingerprint density at radius 2 is 1.54 bits per heavy atom. The number of morpholine rings is 1. The molecule has 0 aromatic heterocycles. The number of piperazine rings is 1. The third kappa shape index (κ3) is 4.93.